The highest BCUT2D eigenvalue weighted by atomic mass is 15.1. The number of aryl methyl sites for hydroxylation is 1. The first kappa shape index (κ1) is 87.7. The number of hydrogen-bond donors (Lipinski definition) is 3. The Morgan fingerprint density at radius 3 is 1.38 bits per heavy atom. The van der Waals surface area contributed by atoms with Gasteiger partial charge in [-0.05, 0) is 129 Å². The smallest absolute Gasteiger partial charge is 0.149 e. The Morgan fingerprint density at radius 1 is 0.581 bits per heavy atom. The third-order valence-corrected chi connectivity index (χ3v) is 17.3. The minimum atomic E-state index is 0.425. The maximum absolute atomic E-state index is 5.97. The van der Waals surface area contributed by atoms with Crippen LogP contribution >= 0.6 is 0 Å². The Morgan fingerprint density at radius 2 is 0.988 bits per heavy atom. The monoisotopic (exact) mass is 1200 g/mol. The van der Waals surface area contributed by atoms with Gasteiger partial charge < -0.3 is 21.7 Å². The van der Waals surface area contributed by atoms with Crippen LogP contribution in [0.25, 0.3) is 6.08 Å². The van der Waals surface area contributed by atoms with E-state index in [4.69, 9.17) is 11.5 Å². The molecule has 2 rings (SSSR count). The number of allylic oxidation sites excluding steroid dienone is 3. The fourth-order valence-corrected chi connectivity index (χ4v) is 11.0. The van der Waals surface area contributed by atoms with Crippen molar-refractivity contribution in [2.75, 3.05) is 45.5 Å². The second-order valence-electron chi connectivity index (χ2n) is 26.8. The van der Waals surface area contributed by atoms with Gasteiger partial charge >= 0.3 is 0 Å². The van der Waals surface area contributed by atoms with Crippen molar-refractivity contribution in [1.29, 1.82) is 0 Å². The molecule has 0 saturated heterocycles. The summed E-state index contributed by atoms with van der Waals surface area (Å²) >= 11 is 0. The van der Waals surface area contributed by atoms with Crippen LogP contribution in [0.3, 0.4) is 0 Å². The quantitative estimate of drug-likeness (QED) is 0.0343. The summed E-state index contributed by atoms with van der Waals surface area (Å²) in [4.78, 5) is 11.3. The van der Waals surface area contributed by atoms with Crippen molar-refractivity contribution >= 4 is 23.3 Å². The van der Waals surface area contributed by atoms with Gasteiger partial charge in [0, 0.05) is 24.4 Å². The van der Waals surface area contributed by atoms with Crippen molar-refractivity contribution in [3.8, 4) is 0 Å². The van der Waals surface area contributed by atoms with Crippen LogP contribution in [0, 0.1) is 12.3 Å². The molecule has 1 aromatic heterocycles. The van der Waals surface area contributed by atoms with E-state index in [9.17, 15) is 0 Å². The van der Waals surface area contributed by atoms with Crippen molar-refractivity contribution in [2.24, 2.45) is 16.1 Å². The fraction of sp³-hybridized carbons (Fsp3) is 0.825. The SMILES string of the molecule is C/C=C/CCN(C)CCC.C=C(CCCCCCCCCCCCC)CCNCCCCCC(=C)CC(C)(C)CC.CC(CN)=Nc1c(N)nc2c(c1C)C=CCC2.CCCCCCCCCCCCCC.CCCCCCCCCCCCCC. The lowest BCUT2D eigenvalue weighted by Crippen LogP contribution is -2.19. The van der Waals surface area contributed by atoms with Gasteiger partial charge in [-0.15, -0.1) is 0 Å². The average molecular weight is 1200 g/mol. The second kappa shape index (κ2) is 68.4. The first-order valence-electron chi connectivity index (χ1n) is 37.7. The maximum Gasteiger partial charge on any atom is 0.149 e. The molecule has 1 aromatic rings. The fourth-order valence-electron chi connectivity index (χ4n) is 11.0. The van der Waals surface area contributed by atoms with E-state index in [1.165, 1.54) is 307 Å². The molecule has 1 aliphatic carbocycles. The minimum Gasteiger partial charge on any atom is -0.382 e. The average Bonchev–Trinajstić information content (AvgIpc) is 2.58. The molecule has 0 radical (unpaired) electrons. The van der Waals surface area contributed by atoms with Crippen LogP contribution in [-0.4, -0.2) is 55.4 Å². The third kappa shape index (κ3) is 61.7. The number of nitrogens with one attached hydrogen (secondary N) is 1. The van der Waals surface area contributed by atoms with Crippen LogP contribution in [0.5, 0.6) is 0 Å². The predicted molar refractivity (Wildman–Crippen MR) is 397 cm³/mol. The first-order chi connectivity index (χ1) is 41.7. The molecule has 0 aliphatic heterocycles. The van der Waals surface area contributed by atoms with Crippen molar-refractivity contribution in [1.82, 2.24) is 15.2 Å². The summed E-state index contributed by atoms with van der Waals surface area (Å²) in [7, 11) is 2.17. The van der Waals surface area contributed by atoms with E-state index in [0.29, 0.717) is 17.8 Å². The van der Waals surface area contributed by atoms with Gasteiger partial charge in [-0.3, -0.25) is 4.99 Å². The van der Waals surface area contributed by atoms with Gasteiger partial charge in [0.2, 0.25) is 0 Å². The Labute approximate surface area is 541 Å². The molecule has 0 fully saturated rings. The first-order valence-corrected chi connectivity index (χ1v) is 37.7. The summed E-state index contributed by atoms with van der Waals surface area (Å²) in [5, 5.41) is 3.61. The van der Waals surface area contributed by atoms with Crippen LogP contribution in [0.1, 0.15) is 388 Å². The van der Waals surface area contributed by atoms with Crippen LogP contribution in [0.2, 0.25) is 0 Å². The Kier molecular flexibility index (Phi) is 69.7. The molecule has 0 amide bonds. The number of pyridine rings is 1. The molecule has 1 heterocycles. The molecule has 506 valence electrons. The summed E-state index contributed by atoms with van der Waals surface area (Å²) in [6.45, 7) is 40.3. The van der Waals surface area contributed by atoms with E-state index in [-0.39, 0.29) is 0 Å². The number of anilines is 1. The normalized spacial score (nSPS) is 12.0. The molecule has 0 bridgehead atoms. The van der Waals surface area contributed by atoms with E-state index < -0.39 is 0 Å². The summed E-state index contributed by atoms with van der Waals surface area (Å²) in [5.41, 5.74) is 19.8. The van der Waals surface area contributed by atoms with Crippen molar-refractivity contribution < 1.29 is 0 Å². The van der Waals surface area contributed by atoms with Gasteiger partial charge in [-0.1, -0.05) is 342 Å². The summed E-state index contributed by atoms with van der Waals surface area (Å²) in [6.07, 6.45) is 73.4. The second-order valence-corrected chi connectivity index (χ2v) is 26.8. The number of unbranched alkanes of at least 4 members (excludes halogenated alkanes) is 34. The van der Waals surface area contributed by atoms with Crippen molar-refractivity contribution in [3.63, 3.8) is 0 Å². The summed E-state index contributed by atoms with van der Waals surface area (Å²) in [5.74, 6) is 0.504. The number of fused-ring (bicyclic) bond motifs is 1. The number of hydrogen-bond acceptors (Lipinski definition) is 6. The van der Waals surface area contributed by atoms with Crippen molar-refractivity contribution in [3.05, 3.63) is 59.4 Å². The number of rotatable bonds is 53. The molecule has 0 atom stereocenters. The van der Waals surface area contributed by atoms with Gasteiger partial charge in [0.1, 0.15) is 11.5 Å². The number of aromatic nitrogens is 1. The lowest BCUT2D eigenvalue weighted by molar-refractivity contribution is 0.341. The molecule has 6 nitrogen and oxygen atoms in total. The van der Waals surface area contributed by atoms with E-state index >= 15 is 0 Å². The molecule has 86 heavy (non-hydrogen) atoms. The standard InChI is InChI=1S/C30H59N.2C14H30.C13H18N4.C9H19N/c1-7-9-10-11-12-13-14-15-16-17-19-22-28(3)24-26-31-25-21-18-20-23-29(4)27-30(5,6)8-2;2*1-3-5-7-9-11-13-14-12-10-8-6-4-2;1-8(7-14)16-12-9(2)10-5-3-4-6-11(10)17-13(12)15;1-4-6-7-9-10(3)8-5-2/h31H,3-4,7-27H2,1-2,5-6H3;2*3-14H2,1-2H3;3,5H,4,6-7,14H2,1-2H3,(H2,15,17);4,6H,5,7-9H2,1-3H3/b;;;;6-4+. The molecular formula is C80H156N6. The molecule has 0 unspecified atom stereocenters. The van der Waals surface area contributed by atoms with Gasteiger partial charge in [0.15, 0.2) is 0 Å². The highest BCUT2D eigenvalue weighted by Crippen LogP contribution is 2.33. The number of nitrogens with two attached hydrogens (primary N) is 2. The van der Waals surface area contributed by atoms with E-state index in [0.717, 1.165) is 60.6 Å². The topological polar surface area (TPSA) is 92.6 Å². The zero-order valence-corrected chi connectivity index (χ0v) is 61.0. The Hall–Kier alpha value is -2.54. The van der Waals surface area contributed by atoms with Gasteiger partial charge in [-0.25, -0.2) is 4.98 Å². The van der Waals surface area contributed by atoms with Crippen LogP contribution in [0.4, 0.5) is 11.5 Å². The zero-order valence-electron chi connectivity index (χ0n) is 61.0. The van der Waals surface area contributed by atoms with E-state index in [1.807, 2.05) is 13.8 Å². The van der Waals surface area contributed by atoms with Gasteiger partial charge in [0.25, 0.3) is 0 Å². The lowest BCUT2D eigenvalue weighted by Gasteiger charge is -2.23. The van der Waals surface area contributed by atoms with Crippen LogP contribution < -0.4 is 16.8 Å². The molecule has 0 aromatic carbocycles. The molecule has 5 N–H and O–H groups in total. The lowest BCUT2D eigenvalue weighted by atomic mass is 9.82. The van der Waals surface area contributed by atoms with Crippen LogP contribution in [-0.2, 0) is 6.42 Å². The van der Waals surface area contributed by atoms with E-state index in [2.05, 4.69) is 134 Å². The van der Waals surface area contributed by atoms with Gasteiger partial charge in [0.05, 0.1) is 5.69 Å². The zero-order chi connectivity index (χ0) is 64.4. The van der Waals surface area contributed by atoms with Crippen LogP contribution in [0.15, 0.2) is 47.5 Å². The Balaban J connectivity index is -0.00000107. The molecular weight excluding hydrogens is 1040 g/mol. The number of nitrogen functional groups attached to an aromatic ring is 1. The minimum absolute atomic E-state index is 0.425. The predicted octanol–water partition coefficient (Wildman–Crippen LogP) is 25.9. The highest BCUT2D eigenvalue weighted by Gasteiger charge is 2.17. The third-order valence-electron chi connectivity index (χ3n) is 17.3. The number of aliphatic imine (C=N–C) groups is 1. The Bertz CT molecular complexity index is 1640. The van der Waals surface area contributed by atoms with Gasteiger partial charge in [-0.2, -0.15) is 0 Å². The summed E-state index contributed by atoms with van der Waals surface area (Å²) in [6, 6.07) is 0. The molecule has 6 heteroatoms. The molecule has 0 saturated carbocycles. The largest absolute Gasteiger partial charge is 0.382 e. The molecule has 0 spiro atoms. The summed E-state index contributed by atoms with van der Waals surface area (Å²) < 4.78 is 0. The van der Waals surface area contributed by atoms with Crippen molar-refractivity contribution in [2.45, 2.75) is 385 Å². The highest BCUT2D eigenvalue weighted by molar-refractivity contribution is 5.88. The van der Waals surface area contributed by atoms with E-state index in [1.54, 1.807) is 0 Å². The molecule has 1 aliphatic rings. The number of nitrogens with zero attached hydrogens (tertiary/aromatic N) is 3. The maximum atomic E-state index is 5.97.